The van der Waals surface area contributed by atoms with Crippen molar-refractivity contribution in [3.8, 4) is 11.5 Å². The topological polar surface area (TPSA) is 76.0 Å². The maximum Gasteiger partial charge on any atom is 0.337 e. The Balaban J connectivity index is 2.55. The van der Waals surface area contributed by atoms with E-state index in [1.165, 1.54) is 0 Å². The third kappa shape index (κ3) is 2.30. The minimum Gasteiger partial charge on any atom is -0.490 e. The van der Waals surface area contributed by atoms with Crippen molar-refractivity contribution in [3.05, 3.63) is 21.7 Å². The zero-order chi connectivity index (χ0) is 13.3. The van der Waals surface area contributed by atoms with Crippen LogP contribution in [0.15, 0.2) is 10.5 Å². The van der Waals surface area contributed by atoms with E-state index in [-0.39, 0.29) is 0 Å². The fourth-order valence-corrected chi connectivity index (χ4v) is 2.63. The van der Waals surface area contributed by atoms with Crippen LogP contribution in [0.4, 0.5) is 0 Å². The molecule has 0 saturated carbocycles. The number of fused-ring (bicyclic) bond motifs is 1. The van der Waals surface area contributed by atoms with Gasteiger partial charge < -0.3 is 19.7 Å². The minimum absolute atomic E-state index is 0.298. The highest BCUT2D eigenvalue weighted by atomic mass is 79.9. The van der Waals surface area contributed by atoms with Crippen molar-refractivity contribution in [3.63, 3.8) is 0 Å². The quantitative estimate of drug-likeness (QED) is 0.873. The molecule has 0 radical (unpaired) electrons. The van der Waals surface area contributed by atoms with Gasteiger partial charge in [-0.05, 0) is 13.0 Å². The van der Waals surface area contributed by atoms with Gasteiger partial charge in [0, 0.05) is 22.0 Å². The summed E-state index contributed by atoms with van der Waals surface area (Å²) in [5, 5.41) is 18.6. The van der Waals surface area contributed by atoms with E-state index < -0.39 is 12.1 Å². The van der Waals surface area contributed by atoms with Crippen molar-refractivity contribution in [1.29, 1.82) is 0 Å². The van der Waals surface area contributed by atoms with E-state index in [9.17, 15) is 9.90 Å². The summed E-state index contributed by atoms with van der Waals surface area (Å²) in [7, 11) is 0. The lowest BCUT2D eigenvalue weighted by molar-refractivity contribution is -0.147. The lowest BCUT2D eigenvalue weighted by atomic mass is 10.0. The molecule has 5 nitrogen and oxygen atoms in total. The molecule has 0 spiro atoms. The normalized spacial score (nSPS) is 15.9. The lowest BCUT2D eigenvalue weighted by Gasteiger charge is -2.17. The second kappa shape index (κ2) is 5.16. The van der Waals surface area contributed by atoms with Crippen molar-refractivity contribution in [2.24, 2.45) is 0 Å². The first-order chi connectivity index (χ1) is 8.52. The Morgan fingerprint density at radius 2 is 2.11 bits per heavy atom. The molecule has 1 aliphatic heterocycles. The molecule has 6 heteroatoms. The molecule has 2 rings (SSSR count). The highest BCUT2D eigenvalue weighted by Gasteiger charge is 2.26. The Kier molecular flexibility index (Phi) is 3.77. The first-order valence-electron chi connectivity index (χ1n) is 5.52. The molecule has 1 atom stereocenters. The van der Waals surface area contributed by atoms with E-state index in [0.29, 0.717) is 40.3 Å². The smallest absolute Gasteiger partial charge is 0.337 e. The lowest BCUT2D eigenvalue weighted by Crippen LogP contribution is -2.13. The van der Waals surface area contributed by atoms with E-state index in [1.807, 2.05) is 0 Å². The van der Waals surface area contributed by atoms with Crippen LogP contribution >= 0.6 is 15.9 Å². The monoisotopic (exact) mass is 316 g/mol. The fraction of sp³-hybridized carbons (Fsp3) is 0.417. The number of hydrogen-bond donors (Lipinski definition) is 2. The molecular weight excluding hydrogens is 304 g/mol. The Labute approximate surface area is 112 Å². The number of carboxylic acids is 1. The summed E-state index contributed by atoms with van der Waals surface area (Å²) in [6, 6.07) is 1.63. The summed E-state index contributed by atoms with van der Waals surface area (Å²) in [5.74, 6) is -0.225. The van der Waals surface area contributed by atoms with Gasteiger partial charge in [-0.15, -0.1) is 0 Å². The van der Waals surface area contributed by atoms with Crippen LogP contribution in [0.5, 0.6) is 11.5 Å². The van der Waals surface area contributed by atoms with Crippen LogP contribution in [-0.2, 0) is 4.79 Å². The molecule has 0 fully saturated rings. The molecule has 1 unspecified atom stereocenters. The molecule has 1 aromatic carbocycles. The zero-order valence-electron chi connectivity index (χ0n) is 9.77. The van der Waals surface area contributed by atoms with Crippen LogP contribution in [-0.4, -0.2) is 29.4 Å². The molecule has 0 aromatic heterocycles. The highest BCUT2D eigenvalue weighted by molar-refractivity contribution is 9.10. The minimum atomic E-state index is -1.59. The van der Waals surface area contributed by atoms with Crippen LogP contribution < -0.4 is 9.47 Å². The number of aliphatic hydroxyl groups excluding tert-OH is 1. The summed E-state index contributed by atoms with van der Waals surface area (Å²) in [4.78, 5) is 10.9. The van der Waals surface area contributed by atoms with Gasteiger partial charge in [0.1, 0.15) is 0 Å². The van der Waals surface area contributed by atoms with Crippen LogP contribution in [0.1, 0.15) is 23.7 Å². The van der Waals surface area contributed by atoms with E-state index in [2.05, 4.69) is 15.9 Å². The van der Waals surface area contributed by atoms with E-state index in [4.69, 9.17) is 14.6 Å². The Morgan fingerprint density at radius 3 is 2.78 bits per heavy atom. The number of aliphatic hydroxyl groups is 1. The highest BCUT2D eigenvalue weighted by Crippen LogP contribution is 2.41. The molecular formula is C12H13BrO5. The predicted molar refractivity (Wildman–Crippen MR) is 67.1 cm³/mol. The van der Waals surface area contributed by atoms with Gasteiger partial charge in [0.25, 0.3) is 0 Å². The Bertz CT molecular complexity index is 486. The van der Waals surface area contributed by atoms with Crippen LogP contribution in [0.2, 0.25) is 0 Å². The van der Waals surface area contributed by atoms with Gasteiger partial charge in [-0.25, -0.2) is 4.79 Å². The predicted octanol–water partition coefficient (Wildman–Crippen LogP) is 2.04. The molecule has 2 N–H and O–H groups in total. The maximum absolute atomic E-state index is 10.9. The van der Waals surface area contributed by atoms with Gasteiger partial charge in [-0.2, -0.15) is 0 Å². The van der Waals surface area contributed by atoms with Crippen molar-refractivity contribution in [2.45, 2.75) is 19.4 Å². The van der Waals surface area contributed by atoms with E-state index >= 15 is 0 Å². The molecule has 0 saturated heterocycles. The van der Waals surface area contributed by atoms with Gasteiger partial charge in [0.2, 0.25) is 0 Å². The molecule has 1 aliphatic rings. The summed E-state index contributed by atoms with van der Waals surface area (Å²) in [6.45, 7) is 2.78. The number of aliphatic carboxylic acids is 1. The van der Waals surface area contributed by atoms with Gasteiger partial charge in [-0.3, -0.25) is 0 Å². The Hall–Kier alpha value is -1.27. The summed E-state index contributed by atoms with van der Waals surface area (Å²) >= 11 is 3.26. The van der Waals surface area contributed by atoms with E-state index in [1.54, 1.807) is 13.0 Å². The third-order valence-corrected chi connectivity index (χ3v) is 3.44. The molecule has 1 aromatic rings. The number of ether oxygens (including phenoxy) is 2. The summed E-state index contributed by atoms with van der Waals surface area (Å²) in [5.41, 5.74) is 0.878. The average molecular weight is 317 g/mol. The number of halogens is 1. The summed E-state index contributed by atoms with van der Waals surface area (Å²) < 4.78 is 11.6. The standard InChI is InChI=1S/C12H13BrO5/c1-6-9(10(14)12(15)16)7(13)5-8-11(6)18-4-2-3-17-8/h5,10,14H,2-4H2,1H3,(H,15,16). The van der Waals surface area contributed by atoms with Gasteiger partial charge in [-0.1, -0.05) is 15.9 Å². The second-order valence-corrected chi connectivity index (χ2v) is 4.87. The number of carbonyl (C=O) groups is 1. The first kappa shape index (κ1) is 13.2. The number of hydrogen-bond acceptors (Lipinski definition) is 4. The van der Waals surface area contributed by atoms with Gasteiger partial charge in [0.15, 0.2) is 17.6 Å². The molecule has 18 heavy (non-hydrogen) atoms. The maximum atomic E-state index is 10.9. The second-order valence-electron chi connectivity index (χ2n) is 4.02. The molecule has 0 amide bonds. The van der Waals surface area contributed by atoms with Crippen LogP contribution in [0, 0.1) is 6.92 Å². The van der Waals surface area contributed by atoms with Crippen molar-refractivity contribution < 1.29 is 24.5 Å². The molecule has 0 bridgehead atoms. The zero-order valence-corrected chi connectivity index (χ0v) is 11.4. The van der Waals surface area contributed by atoms with E-state index in [0.717, 1.165) is 6.42 Å². The first-order valence-corrected chi connectivity index (χ1v) is 6.31. The average Bonchev–Trinajstić information content (AvgIpc) is 2.54. The number of benzene rings is 1. The van der Waals surface area contributed by atoms with Crippen molar-refractivity contribution >= 4 is 21.9 Å². The largest absolute Gasteiger partial charge is 0.490 e. The molecule has 98 valence electrons. The SMILES string of the molecule is Cc1c2c(cc(Br)c1C(O)C(=O)O)OCCCO2. The van der Waals surface area contributed by atoms with Crippen LogP contribution in [0.25, 0.3) is 0 Å². The molecule has 1 heterocycles. The third-order valence-electron chi connectivity index (χ3n) is 2.78. The number of carboxylic acid groups (broad SMARTS) is 1. The fourth-order valence-electron chi connectivity index (χ4n) is 1.91. The van der Waals surface area contributed by atoms with Crippen molar-refractivity contribution in [1.82, 2.24) is 0 Å². The van der Waals surface area contributed by atoms with Gasteiger partial charge in [0.05, 0.1) is 13.2 Å². The van der Waals surface area contributed by atoms with Gasteiger partial charge >= 0.3 is 5.97 Å². The Morgan fingerprint density at radius 1 is 1.44 bits per heavy atom. The van der Waals surface area contributed by atoms with Crippen LogP contribution in [0.3, 0.4) is 0 Å². The number of rotatable bonds is 2. The summed E-state index contributed by atoms with van der Waals surface area (Å²) in [6.07, 6.45) is -0.820. The van der Waals surface area contributed by atoms with Crippen molar-refractivity contribution in [2.75, 3.05) is 13.2 Å². The molecule has 0 aliphatic carbocycles.